The SMILES string of the molecule is CC/C=C\C/C=C\C/C=C\C/C=C\C/C=C\C/C=C\C/C=C\C/C=C\CCCCCCCCC(=O)NC(COC1OC(CO)C(O)C(O)C1O)C(O)/C=C/CCC. The number of ether oxygens (including phenoxy) is 2. The lowest BCUT2D eigenvalue weighted by Gasteiger charge is -2.40. The lowest BCUT2D eigenvalue weighted by molar-refractivity contribution is -0.302. The minimum atomic E-state index is -1.57. The van der Waals surface area contributed by atoms with Gasteiger partial charge in [0.25, 0.3) is 0 Å². The van der Waals surface area contributed by atoms with E-state index in [0.29, 0.717) is 6.42 Å². The number of rotatable bonds is 33. The summed E-state index contributed by atoms with van der Waals surface area (Å²) in [6.07, 6.45) is 48.0. The van der Waals surface area contributed by atoms with E-state index in [9.17, 15) is 30.3 Å². The number of nitrogens with one attached hydrogen (secondary N) is 1. The normalized spacial score (nSPS) is 22.1. The number of allylic oxidation sites excluding steroid dienone is 17. The molecule has 0 saturated carbocycles. The Morgan fingerprint density at radius 2 is 1.09 bits per heavy atom. The Balaban J connectivity index is 2.13. The topological polar surface area (TPSA) is 149 Å². The second kappa shape index (κ2) is 37.1. The van der Waals surface area contributed by atoms with Crippen LogP contribution in [0.5, 0.6) is 0 Å². The van der Waals surface area contributed by atoms with Crippen LogP contribution in [0.15, 0.2) is 109 Å². The highest BCUT2D eigenvalue weighted by Gasteiger charge is 2.44. The molecule has 57 heavy (non-hydrogen) atoms. The third-order valence-electron chi connectivity index (χ3n) is 9.33. The highest BCUT2D eigenvalue weighted by atomic mass is 16.7. The maximum Gasteiger partial charge on any atom is 0.220 e. The summed E-state index contributed by atoms with van der Waals surface area (Å²) in [5, 5.41) is 53.3. The molecule has 1 fully saturated rings. The Morgan fingerprint density at radius 1 is 0.614 bits per heavy atom. The summed E-state index contributed by atoms with van der Waals surface area (Å²) in [5.74, 6) is -0.211. The van der Waals surface area contributed by atoms with E-state index in [0.717, 1.165) is 109 Å². The first kappa shape index (κ1) is 51.9. The van der Waals surface area contributed by atoms with E-state index >= 15 is 0 Å². The standard InChI is InChI=1S/C48H77NO8/c1-3-5-7-8-9-10-11-12-13-14-15-16-17-18-19-20-21-22-23-24-25-26-27-28-29-30-31-32-33-34-36-38-44(52)49-41(42(51)37-35-6-4-2)40-56-48-47(55)46(54)45(53)43(39-50)57-48/h5,7,9-10,12-13,15-16,18-19,21-22,24-25,27-28,35,37,41-43,45-48,50-51,53-55H,3-4,6,8,11,14,17,20,23,26,29-34,36,38-40H2,1-2H3,(H,49,52)/b7-5-,10-9-,13-12-,16-15-,19-18-,22-21-,25-24-,28-27-,37-35+. The molecule has 1 aliphatic heterocycles. The van der Waals surface area contributed by atoms with Gasteiger partial charge in [0.1, 0.15) is 24.4 Å². The molecule has 7 atom stereocenters. The van der Waals surface area contributed by atoms with Crippen molar-refractivity contribution >= 4 is 5.91 Å². The molecule has 7 unspecified atom stereocenters. The zero-order valence-corrected chi connectivity index (χ0v) is 35.0. The summed E-state index contributed by atoms with van der Waals surface area (Å²) < 4.78 is 11.0. The summed E-state index contributed by atoms with van der Waals surface area (Å²) in [6, 6.07) is -0.816. The molecular weight excluding hydrogens is 719 g/mol. The lowest BCUT2D eigenvalue weighted by atomic mass is 9.99. The summed E-state index contributed by atoms with van der Waals surface area (Å²) in [4.78, 5) is 12.7. The molecule has 322 valence electrons. The first-order chi connectivity index (χ1) is 27.8. The van der Waals surface area contributed by atoms with Gasteiger partial charge in [0.05, 0.1) is 25.4 Å². The van der Waals surface area contributed by atoms with E-state index in [1.165, 1.54) is 0 Å². The second-order valence-corrected chi connectivity index (χ2v) is 14.4. The van der Waals surface area contributed by atoms with Gasteiger partial charge in [-0.05, 0) is 77.0 Å². The first-order valence-corrected chi connectivity index (χ1v) is 21.6. The molecule has 1 heterocycles. The fraction of sp³-hybridized carbons (Fsp3) is 0.604. The average Bonchev–Trinajstić information content (AvgIpc) is 3.21. The van der Waals surface area contributed by atoms with Crippen LogP contribution in [-0.4, -0.2) is 87.5 Å². The number of amides is 1. The van der Waals surface area contributed by atoms with Crippen LogP contribution in [0.3, 0.4) is 0 Å². The molecule has 0 radical (unpaired) electrons. The van der Waals surface area contributed by atoms with E-state index in [1.54, 1.807) is 6.08 Å². The molecule has 1 aliphatic rings. The Bertz CT molecular complexity index is 1250. The van der Waals surface area contributed by atoms with Gasteiger partial charge in [0.15, 0.2) is 6.29 Å². The van der Waals surface area contributed by atoms with E-state index in [1.807, 2.05) is 13.0 Å². The third kappa shape index (κ3) is 28.0. The maximum atomic E-state index is 12.7. The molecule has 1 saturated heterocycles. The Kier molecular flexibility index (Phi) is 33.8. The van der Waals surface area contributed by atoms with Gasteiger partial charge in [-0.1, -0.05) is 155 Å². The summed E-state index contributed by atoms with van der Waals surface area (Å²) >= 11 is 0. The van der Waals surface area contributed by atoms with Gasteiger partial charge in [0.2, 0.25) is 5.91 Å². The molecule has 0 spiro atoms. The number of unbranched alkanes of at least 4 members (excludes halogenated alkanes) is 7. The van der Waals surface area contributed by atoms with Crippen molar-refractivity contribution in [2.75, 3.05) is 13.2 Å². The molecule has 0 bridgehead atoms. The summed E-state index contributed by atoms with van der Waals surface area (Å²) in [5.41, 5.74) is 0. The minimum absolute atomic E-state index is 0.207. The average molecular weight is 796 g/mol. The lowest BCUT2D eigenvalue weighted by Crippen LogP contribution is -2.60. The van der Waals surface area contributed by atoms with Gasteiger partial charge in [-0.2, -0.15) is 0 Å². The fourth-order valence-corrected chi connectivity index (χ4v) is 5.88. The molecular formula is C48H77NO8. The fourth-order valence-electron chi connectivity index (χ4n) is 5.88. The molecule has 0 aromatic rings. The quantitative estimate of drug-likeness (QED) is 0.0286. The number of aliphatic hydroxyl groups excluding tert-OH is 5. The van der Waals surface area contributed by atoms with Crippen LogP contribution in [0.1, 0.15) is 129 Å². The maximum absolute atomic E-state index is 12.7. The zero-order chi connectivity index (χ0) is 41.6. The summed E-state index contributed by atoms with van der Waals surface area (Å²) in [6.45, 7) is 3.39. The van der Waals surface area contributed by atoms with Crippen molar-refractivity contribution in [3.63, 3.8) is 0 Å². The van der Waals surface area contributed by atoms with Crippen LogP contribution >= 0.6 is 0 Å². The van der Waals surface area contributed by atoms with Gasteiger partial charge >= 0.3 is 0 Å². The number of carbonyl (C=O) groups excluding carboxylic acids is 1. The Labute approximate surface area is 345 Å². The van der Waals surface area contributed by atoms with Gasteiger partial charge in [-0.3, -0.25) is 4.79 Å². The smallest absolute Gasteiger partial charge is 0.220 e. The molecule has 0 aromatic heterocycles. The first-order valence-electron chi connectivity index (χ1n) is 21.6. The highest BCUT2D eigenvalue weighted by Crippen LogP contribution is 2.22. The molecule has 9 nitrogen and oxygen atoms in total. The van der Waals surface area contributed by atoms with E-state index in [-0.39, 0.29) is 12.5 Å². The zero-order valence-electron chi connectivity index (χ0n) is 35.0. The molecule has 6 N–H and O–H groups in total. The predicted octanol–water partition coefficient (Wildman–Crippen LogP) is 8.72. The van der Waals surface area contributed by atoms with Crippen LogP contribution in [0.2, 0.25) is 0 Å². The third-order valence-corrected chi connectivity index (χ3v) is 9.33. The molecule has 9 heteroatoms. The number of hydrogen-bond donors (Lipinski definition) is 6. The largest absolute Gasteiger partial charge is 0.394 e. The van der Waals surface area contributed by atoms with Gasteiger partial charge in [0, 0.05) is 6.42 Å². The minimum Gasteiger partial charge on any atom is -0.394 e. The van der Waals surface area contributed by atoms with Crippen molar-refractivity contribution in [2.45, 2.75) is 172 Å². The predicted molar refractivity (Wildman–Crippen MR) is 234 cm³/mol. The van der Waals surface area contributed by atoms with Crippen molar-refractivity contribution in [3.05, 3.63) is 109 Å². The number of carbonyl (C=O) groups is 1. The Morgan fingerprint density at radius 3 is 1.58 bits per heavy atom. The van der Waals surface area contributed by atoms with Gasteiger partial charge in [-0.15, -0.1) is 0 Å². The van der Waals surface area contributed by atoms with Crippen molar-refractivity contribution in [2.24, 2.45) is 0 Å². The van der Waals surface area contributed by atoms with Crippen LogP contribution in [0.4, 0.5) is 0 Å². The molecule has 0 aliphatic carbocycles. The van der Waals surface area contributed by atoms with Gasteiger partial charge < -0.3 is 40.3 Å². The van der Waals surface area contributed by atoms with Crippen molar-refractivity contribution in [1.29, 1.82) is 0 Å². The van der Waals surface area contributed by atoms with Crippen molar-refractivity contribution in [1.82, 2.24) is 5.32 Å². The molecule has 1 rings (SSSR count). The molecule has 1 amide bonds. The van der Waals surface area contributed by atoms with E-state index in [4.69, 9.17) is 9.47 Å². The Hall–Kier alpha value is -3.15. The van der Waals surface area contributed by atoms with Gasteiger partial charge in [-0.25, -0.2) is 0 Å². The summed E-state index contributed by atoms with van der Waals surface area (Å²) in [7, 11) is 0. The monoisotopic (exact) mass is 796 g/mol. The number of hydrogen-bond acceptors (Lipinski definition) is 8. The van der Waals surface area contributed by atoms with Crippen molar-refractivity contribution < 1.29 is 39.8 Å². The highest BCUT2D eigenvalue weighted by molar-refractivity contribution is 5.76. The second-order valence-electron chi connectivity index (χ2n) is 14.4. The van der Waals surface area contributed by atoms with Crippen LogP contribution in [0.25, 0.3) is 0 Å². The van der Waals surface area contributed by atoms with Crippen LogP contribution < -0.4 is 5.32 Å². The van der Waals surface area contributed by atoms with Crippen LogP contribution in [0, 0.1) is 0 Å². The van der Waals surface area contributed by atoms with Crippen molar-refractivity contribution in [3.8, 4) is 0 Å². The molecule has 0 aromatic carbocycles. The van der Waals surface area contributed by atoms with E-state index in [2.05, 4.69) is 109 Å². The van der Waals surface area contributed by atoms with Crippen LogP contribution in [-0.2, 0) is 14.3 Å². The van der Waals surface area contributed by atoms with E-state index < -0.39 is 49.5 Å². The number of aliphatic hydroxyl groups is 5.